The number of hydrogen-bond acceptors (Lipinski definition) is 3. The van der Waals surface area contributed by atoms with Gasteiger partial charge in [-0.05, 0) is 74.5 Å². The van der Waals surface area contributed by atoms with Gasteiger partial charge in [0.2, 0.25) is 0 Å². The molecule has 6 nitrogen and oxygen atoms in total. The summed E-state index contributed by atoms with van der Waals surface area (Å²) in [6.45, 7) is 4.44. The standard InChI is InChI=1S/C25H24FN3O3/c1-16-13-17(2)15-20(14-16)24(31)28-12-11-27-23(30)18-5-9-22(10-6-18)29-25(32)19-3-7-21(26)8-4-19/h3-10,13-15H,11-12H2,1-2H3,(H,27,30)(H,28,31)(H,29,32). The van der Waals surface area contributed by atoms with Crippen LogP contribution in [0.25, 0.3) is 0 Å². The Kier molecular flexibility index (Phi) is 7.33. The van der Waals surface area contributed by atoms with Crippen molar-refractivity contribution in [3.05, 3.63) is 100 Å². The molecule has 0 fully saturated rings. The number of carbonyl (C=O) groups excluding carboxylic acids is 3. The molecule has 0 saturated heterocycles. The van der Waals surface area contributed by atoms with Gasteiger partial charge < -0.3 is 16.0 Å². The molecule has 0 saturated carbocycles. The second-order valence-electron chi connectivity index (χ2n) is 7.43. The summed E-state index contributed by atoms with van der Waals surface area (Å²) in [5, 5.41) is 8.22. The monoisotopic (exact) mass is 433 g/mol. The second-order valence-corrected chi connectivity index (χ2v) is 7.43. The Morgan fingerprint density at radius 3 is 1.69 bits per heavy atom. The highest BCUT2D eigenvalue weighted by molar-refractivity contribution is 6.04. The van der Waals surface area contributed by atoms with Crippen LogP contribution in [0.15, 0.2) is 66.7 Å². The number of hydrogen-bond donors (Lipinski definition) is 3. The van der Waals surface area contributed by atoms with Crippen LogP contribution in [0.5, 0.6) is 0 Å². The molecule has 0 aliphatic heterocycles. The first-order chi connectivity index (χ1) is 15.3. The zero-order chi connectivity index (χ0) is 23.1. The first-order valence-electron chi connectivity index (χ1n) is 10.1. The zero-order valence-corrected chi connectivity index (χ0v) is 17.9. The predicted molar refractivity (Wildman–Crippen MR) is 121 cm³/mol. The Bertz CT molecular complexity index is 1110. The molecule has 3 amide bonds. The molecule has 3 aromatic carbocycles. The highest BCUT2D eigenvalue weighted by Crippen LogP contribution is 2.12. The summed E-state index contributed by atoms with van der Waals surface area (Å²) in [7, 11) is 0. The third-order valence-corrected chi connectivity index (χ3v) is 4.69. The molecular formula is C25H24FN3O3. The number of halogens is 1. The molecule has 0 spiro atoms. The number of anilines is 1. The Morgan fingerprint density at radius 1 is 0.656 bits per heavy atom. The Hall–Kier alpha value is -4.00. The van der Waals surface area contributed by atoms with Crippen LogP contribution in [0.3, 0.4) is 0 Å². The van der Waals surface area contributed by atoms with Gasteiger partial charge >= 0.3 is 0 Å². The molecule has 7 heteroatoms. The lowest BCUT2D eigenvalue weighted by Gasteiger charge is -2.09. The molecular weight excluding hydrogens is 409 g/mol. The molecule has 0 heterocycles. The number of benzene rings is 3. The van der Waals surface area contributed by atoms with Gasteiger partial charge in [0, 0.05) is 35.5 Å². The normalized spacial score (nSPS) is 10.3. The molecule has 0 unspecified atom stereocenters. The summed E-state index contributed by atoms with van der Waals surface area (Å²) in [6.07, 6.45) is 0. The maximum absolute atomic E-state index is 13.0. The maximum Gasteiger partial charge on any atom is 0.255 e. The van der Waals surface area contributed by atoms with Crippen molar-refractivity contribution in [1.82, 2.24) is 10.6 Å². The van der Waals surface area contributed by atoms with Gasteiger partial charge in [0.25, 0.3) is 17.7 Å². The van der Waals surface area contributed by atoms with Gasteiger partial charge in [-0.2, -0.15) is 0 Å². The minimum absolute atomic E-state index is 0.188. The number of nitrogens with one attached hydrogen (secondary N) is 3. The quantitative estimate of drug-likeness (QED) is 0.495. The largest absolute Gasteiger partial charge is 0.350 e. The van der Waals surface area contributed by atoms with E-state index in [-0.39, 0.29) is 24.3 Å². The van der Waals surface area contributed by atoms with Crippen LogP contribution in [-0.2, 0) is 0 Å². The lowest BCUT2D eigenvalue weighted by Crippen LogP contribution is -2.34. The van der Waals surface area contributed by atoms with Crippen LogP contribution in [0.2, 0.25) is 0 Å². The molecule has 3 aromatic rings. The summed E-state index contributed by atoms with van der Waals surface area (Å²) in [5.74, 6) is -1.27. The van der Waals surface area contributed by atoms with E-state index in [1.54, 1.807) is 24.3 Å². The molecule has 0 radical (unpaired) electrons. The molecule has 0 aliphatic carbocycles. The van der Waals surface area contributed by atoms with Gasteiger partial charge in [-0.3, -0.25) is 14.4 Å². The van der Waals surface area contributed by atoms with Crippen molar-refractivity contribution in [3.8, 4) is 0 Å². The third kappa shape index (κ3) is 6.25. The number of carbonyl (C=O) groups is 3. The summed E-state index contributed by atoms with van der Waals surface area (Å²) in [4.78, 5) is 36.7. The van der Waals surface area contributed by atoms with E-state index >= 15 is 0 Å². The van der Waals surface area contributed by atoms with E-state index < -0.39 is 5.82 Å². The first kappa shape index (κ1) is 22.7. The minimum atomic E-state index is -0.415. The molecule has 0 aliphatic rings. The van der Waals surface area contributed by atoms with E-state index in [2.05, 4.69) is 16.0 Å². The van der Waals surface area contributed by atoms with Crippen molar-refractivity contribution < 1.29 is 18.8 Å². The van der Waals surface area contributed by atoms with E-state index in [1.165, 1.54) is 24.3 Å². The molecule has 3 rings (SSSR count). The topological polar surface area (TPSA) is 87.3 Å². The second kappa shape index (κ2) is 10.3. The van der Waals surface area contributed by atoms with Gasteiger partial charge in [-0.25, -0.2) is 4.39 Å². The Balaban J connectivity index is 1.45. The summed E-state index contributed by atoms with van der Waals surface area (Å²) >= 11 is 0. The van der Waals surface area contributed by atoms with Crippen molar-refractivity contribution in [2.75, 3.05) is 18.4 Å². The third-order valence-electron chi connectivity index (χ3n) is 4.69. The van der Waals surface area contributed by atoms with E-state index in [1.807, 2.05) is 32.0 Å². The molecule has 0 bridgehead atoms. The fourth-order valence-corrected chi connectivity index (χ4v) is 3.17. The Morgan fingerprint density at radius 2 is 1.12 bits per heavy atom. The van der Waals surface area contributed by atoms with Gasteiger partial charge in [0.15, 0.2) is 0 Å². The average molecular weight is 433 g/mol. The van der Waals surface area contributed by atoms with Crippen LogP contribution in [0, 0.1) is 19.7 Å². The van der Waals surface area contributed by atoms with Crippen molar-refractivity contribution in [3.63, 3.8) is 0 Å². The van der Waals surface area contributed by atoms with E-state index in [4.69, 9.17) is 0 Å². The SMILES string of the molecule is Cc1cc(C)cc(C(=O)NCCNC(=O)c2ccc(NC(=O)c3ccc(F)cc3)cc2)c1. The average Bonchev–Trinajstić information content (AvgIpc) is 2.76. The fourth-order valence-electron chi connectivity index (χ4n) is 3.17. The molecule has 0 aromatic heterocycles. The van der Waals surface area contributed by atoms with Gasteiger partial charge in [0.05, 0.1) is 0 Å². The van der Waals surface area contributed by atoms with Gasteiger partial charge in [-0.1, -0.05) is 17.2 Å². The minimum Gasteiger partial charge on any atom is -0.350 e. The van der Waals surface area contributed by atoms with Gasteiger partial charge in [-0.15, -0.1) is 0 Å². The zero-order valence-electron chi connectivity index (χ0n) is 17.9. The predicted octanol–water partition coefficient (Wildman–Crippen LogP) is 3.85. The van der Waals surface area contributed by atoms with Crippen molar-refractivity contribution >= 4 is 23.4 Å². The van der Waals surface area contributed by atoms with Gasteiger partial charge in [0.1, 0.15) is 5.82 Å². The van der Waals surface area contributed by atoms with Crippen molar-refractivity contribution in [2.45, 2.75) is 13.8 Å². The molecule has 32 heavy (non-hydrogen) atoms. The molecule has 164 valence electrons. The lowest BCUT2D eigenvalue weighted by atomic mass is 10.1. The summed E-state index contributed by atoms with van der Waals surface area (Å²) < 4.78 is 13.0. The van der Waals surface area contributed by atoms with E-state index in [9.17, 15) is 18.8 Å². The highest BCUT2D eigenvalue weighted by Gasteiger charge is 2.09. The molecule has 3 N–H and O–H groups in total. The highest BCUT2D eigenvalue weighted by atomic mass is 19.1. The first-order valence-corrected chi connectivity index (χ1v) is 10.1. The Labute approximate surface area is 185 Å². The van der Waals surface area contributed by atoms with Crippen LogP contribution >= 0.6 is 0 Å². The van der Waals surface area contributed by atoms with E-state index in [0.29, 0.717) is 28.9 Å². The summed E-state index contributed by atoms with van der Waals surface area (Å²) in [5.41, 5.74) is 3.88. The fraction of sp³-hybridized carbons (Fsp3) is 0.160. The lowest BCUT2D eigenvalue weighted by molar-refractivity contribution is 0.0927. The number of rotatable bonds is 7. The van der Waals surface area contributed by atoms with Crippen LogP contribution < -0.4 is 16.0 Å². The van der Waals surface area contributed by atoms with Crippen LogP contribution in [-0.4, -0.2) is 30.8 Å². The smallest absolute Gasteiger partial charge is 0.255 e. The van der Waals surface area contributed by atoms with Crippen molar-refractivity contribution in [2.24, 2.45) is 0 Å². The van der Waals surface area contributed by atoms with Crippen molar-refractivity contribution in [1.29, 1.82) is 0 Å². The number of amides is 3. The summed E-state index contributed by atoms with van der Waals surface area (Å²) in [6, 6.07) is 17.2. The van der Waals surface area contributed by atoms with Crippen LogP contribution in [0.4, 0.5) is 10.1 Å². The molecule has 0 atom stereocenters. The number of aryl methyl sites for hydroxylation is 2. The maximum atomic E-state index is 13.0. The van der Waals surface area contributed by atoms with E-state index in [0.717, 1.165) is 11.1 Å². The van der Waals surface area contributed by atoms with Crippen LogP contribution in [0.1, 0.15) is 42.2 Å².